The van der Waals surface area contributed by atoms with E-state index in [-0.39, 0.29) is 12.4 Å². The van der Waals surface area contributed by atoms with Crippen LogP contribution in [0.1, 0.15) is 27.2 Å². The molecule has 0 aromatic rings. The lowest BCUT2D eigenvalue weighted by atomic mass is 10.2. The monoisotopic (exact) mass is 938 g/mol. The lowest BCUT2D eigenvalue weighted by Gasteiger charge is -2.19. The van der Waals surface area contributed by atoms with Gasteiger partial charge in [0.2, 0.25) is 0 Å². The smallest absolute Gasteiger partial charge is 0.308 e. The van der Waals surface area contributed by atoms with E-state index in [2.05, 4.69) is 0 Å². The van der Waals surface area contributed by atoms with Gasteiger partial charge in [0, 0.05) is 6.54 Å². The zero-order valence-electron chi connectivity index (χ0n) is 39.6. The summed E-state index contributed by atoms with van der Waals surface area (Å²) >= 11 is 0. The number of carbonyl (C=O) groups excluding carboxylic acids is 1. The van der Waals surface area contributed by atoms with Crippen LogP contribution in [0.15, 0.2) is 0 Å². The summed E-state index contributed by atoms with van der Waals surface area (Å²) in [5.74, 6) is -0.269. The zero-order chi connectivity index (χ0) is 46.4. The van der Waals surface area contributed by atoms with Gasteiger partial charge in [-0.1, -0.05) is 0 Å². The Bertz CT molecular complexity index is 894. The molecule has 0 aliphatic heterocycles. The summed E-state index contributed by atoms with van der Waals surface area (Å²) in [6.07, 6.45) is 0.226. The van der Waals surface area contributed by atoms with E-state index in [0.717, 1.165) is 0 Å². The molecule has 0 fully saturated rings. The number of hydrogen-bond donors (Lipinski definition) is 1. The maximum absolute atomic E-state index is 11.6. The molecule has 0 unspecified atom stereocenters. The second kappa shape index (κ2) is 54.3. The van der Waals surface area contributed by atoms with Gasteiger partial charge in [-0.2, -0.15) is 0 Å². The van der Waals surface area contributed by atoms with Gasteiger partial charge in [0.05, 0.1) is 244 Å². The molecule has 0 aromatic heterocycles. The van der Waals surface area contributed by atoms with Gasteiger partial charge < -0.3 is 95.7 Å². The Morgan fingerprint density at radius 1 is 0.266 bits per heavy atom. The Hall–Kier alpha value is -1.29. The summed E-state index contributed by atoms with van der Waals surface area (Å²) < 4.78 is 103. The number of rotatable bonds is 56. The maximum Gasteiger partial charge on any atom is 0.308 e. The van der Waals surface area contributed by atoms with Crippen molar-refractivity contribution in [3.8, 4) is 0 Å². The molecule has 64 heavy (non-hydrogen) atoms. The fourth-order valence-corrected chi connectivity index (χ4v) is 4.47. The molecule has 384 valence electrons. The van der Waals surface area contributed by atoms with Crippen molar-refractivity contribution in [2.45, 2.75) is 32.8 Å². The Kier molecular flexibility index (Phi) is 53.2. The molecule has 0 atom stereocenters. The van der Waals surface area contributed by atoms with Crippen LogP contribution in [-0.4, -0.2) is 256 Å². The number of hydrogen-bond acceptors (Lipinski definition) is 21. The van der Waals surface area contributed by atoms with Crippen LogP contribution in [0.2, 0.25) is 0 Å². The van der Waals surface area contributed by atoms with E-state index in [0.29, 0.717) is 244 Å². The summed E-state index contributed by atoms with van der Waals surface area (Å²) in [6.45, 7) is 23.6. The second-order valence-electron chi connectivity index (χ2n) is 14.1. The molecule has 0 spiro atoms. The van der Waals surface area contributed by atoms with Gasteiger partial charge in [-0.15, -0.1) is 0 Å². The van der Waals surface area contributed by atoms with Crippen LogP contribution < -0.4 is 5.73 Å². The molecule has 21 heteroatoms. The van der Waals surface area contributed by atoms with E-state index in [1.54, 1.807) is 0 Å². The van der Waals surface area contributed by atoms with E-state index in [4.69, 9.17) is 95.7 Å². The zero-order valence-corrected chi connectivity index (χ0v) is 39.6. The summed E-state index contributed by atoms with van der Waals surface area (Å²) in [4.78, 5) is 11.6. The van der Waals surface area contributed by atoms with Crippen LogP contribution >= 0.6 is 0 Å². The number of nitrogens with two attached hydrogens (primary N) is 1. The second-order valence-corrected chi connectivity index (χ2v) is 14.1. The molecule has 0 aliphatic rings. The van der Waals surface area contributed by atoms with Crippen molar-refractivity contribution >= 4 is 5.97 Å². The average molecular weight is 938 g/mol. The molecular formula is C43H87NO20. The van der Waals surface area contributed by atoms with Gasteiger partial charge in [0.25, 0.3) is 0 Å². The fraction of sp³-hybridized carbons (Fsp3) is 0.977. The predicted molar refractivity (Wildman–Crippen MR) is 234 cm³/mol. The number of carbonyl (C=O) groups is 1. The van der Waals surface area contributed by atoms with E-state index in [1.165, 1.54) is 0 Å². The molecule has 0 saturated carbocycles. The first-order valence-corrected chi connectivity index (χ1v) is 22.8. The Labute approximate surface area is 383 Å². The highest BCUT2D eigenvalue weighted by Crippen LogP contribution is 2.08. The van der Waals surface area contributed by atoms with Crippen LogP contribution in [0.3, 0.4) is 0 Å². The van der Waals surface area contributed by atoms with Crippen molar-refractivity contribution in [2.24, 2.45) is 5.73 Å². The highest BCUT2D eigenvalue weighted by molar-refractivity contribution is 5.69. The largest absolute Gasteiger partial charge is 0.460 e. The topological polar surface area (TPSA) is 218 Å². The molecule has 0 amide bonds. The Morgan fingerprint density at radius 3 is 0.547 bits per heavy atom. The van der Waals surface area contributed by atoms with E-state index >= 15 is 0 Å². The van der Waals surface area contributed by atoms with Crippen LogP contribution in [-0.2, 0) is 94.8 Å². The highest BCUT2D eigenvalue weighted by Gasteiger charge is 2.15. The van der Waals surface area contributed by atoms with Crippen LogP contribution in [0.5, 0.6) is 0 Å². The van der Waals surface area contributed by atoms with Gasteiger partial charge in [-0.3, -0.25) is 4.79 Å². The van der Waals surface area contributed by atoms with E-state index in [1.807, 2.05) is 20.8 Å². The van der Waals surface area contributed by atoms with Crippen molar-refractivity contribution in [1.82, 2.24) is 0 Å². The molecule has 0 bridgehead atoms. The Morgan fingerprint density at radius 2 is 0.406 bits per heavy atom. The molecule has 0 radical (unpaired) electrons. The average Bonchev–Trinajstić information content (AvgIpc) is 3.27. The first-order valence-electron chi connectivity index (χ1n) is 22.8. The fourth-order valence-electron chi connectivity index (χ4n) is 4.47. The molecular weight excluding hydrogens is 850 g/mol. The number of esters is 1. The minimum Gasteiger partial charge on any atom is -0.460 e. The lowest BCUT2D eigenvalue weighted by molar-refractivity contribution is -0.156. The third-order valence-corrected chi connectivity index (χ3v) is 7.46. The molecule has 21 nitrogen and oxygen atoms in total. The van der Waals surface area contributed by atoms with Gasteiger partial charge >= 0.3 is 5.97 Å². The first kappa shape index (κ1) is 62.7. The van der Waals surface area contributed by atoms with Crippen molar-refractivity contribution < 1.29 is 94.8 Å². The molecule has 0 heterocycles. The van der Waals surface area contributed by atoms with Gasteiger partial charge in [0.15, 0.2) is 0 Å². The third kappa shape index (κ3) is 58.7. The Balaban J connectivity index is 3.09. The normalized spacial score (nSPS) is 11.9. The maximum atomic E-state index is 11.6. The van der Waals surface area contributed by atoms with Gasteiger partial charge in [-0.25, -0.2) is 0 Å². The number of ether oxygens (including phenoxy) is 19. The third-order valence-electron chi connectivity index (χ3n) is 7.46. The SMILES string of the molecule is CC(C)(C)OC(=O)CCOCCOCCOCCOCCOCCOCCOCCOCCOCCOCCOCCOCCOCCOCCOCCOCCOCCOCCN. The van der Waals surface area contributed by atoms with Crippen LogP contribution in [0.25, 0.3) is 0 Å². The lowest BCUT2D eigenvalue weighted by Crippen LogP contribution is -2.24. The summed E-state index contributed by atoms with van der Waals surface area (Å²) in [6, 6.07) is 0. The van der Waals surface area contributed by atoms with Gasteiger partial charge in [-0.05, 0) is 20.8 Å². The molecule has 2 N–H and O–H groups in total. The standard InChI is InChI=1S/C43H87NO20/c1-43(2,3)64-42(45)4-6-46-8-10-48-12-14-50-16-18-52-20-22-54-24-26-56-28-30-58-32-34-60-36-38-62-40-41-63-39-37-61-35-33-59-31-29-57-27-25-55-23-21-53-19-17-51-15-13-49-11-9-47-7-5-44/h4-41,44H2,1-3H3. The molecule has 0 rings (SSSR count). The van der Waals surface area contributed by atoms with E-state index < -0.39 is 5.60 Å². The van der Waals surface area contributed by atoms with Crippen molar-refractivity contribution in [2.75, 3.05) is 244 Å². The summed E-state index contributed by atoms with van der Waals surface area (Å²) in [7, 11) is 0. The summed E-state index contributed by atoms with van der Waals surface area (Å²) in [5, 5.41) is 0. The van der Waals surface area contributed by atoms with Gasteiger partial charge in [0.1, 0.15) is 5.60 Å². The van der Waals surface area contributed by atoms with E-state index in [9.17, 15) is 4.79 Å². The van der Waals surface area contributed by atoms with Crippen molar-refractivity contribution in [1.29, 1.82) is 0 Å². The highest BCUT2D eigenvalue weighted by atomic mass is 16.6. The van der Waals surface area contributed by atoms with Crippen molar-refractivity contribution in [3.63, 3.8) is 0 Å². The quantitative estimate of drug-likeness (QED) is 0.0664. The first-order chi connectivity index (χ1) is 31.5. The van der Waals surface area contributed by atoms with Crippen LogP contribution in [0, 0.1) is 0 Å². The summed E-state index contributed by atoms with van der Waals surface area (Å²) in [5.41, 5.74) is 4.86. The molecule has 0 aromatic carbocycles. The van der Waals surface area contributed by atoms with Crippen LogP contribution in [0.4, 0.5) is 0 Å². The van der Waals surface area contributed by atoms with Crippen molar-refractivity contribution in [3.05, 3.63) is 0 Å². The minimum absolute atomic E-state index is 0.226. The molecule has 0 saturated heterocycles. The predicted octanol–water partition coefficient (Wildman–Crippen LogP) is 0.976. The molecule has 0 aliphatic carbocycles. The minimum atomic E-state index is -0.480.